The van der Waals surface area contributed by atoms with Crippen molar-refractivity contribution in [1.29, 1.82) is 0 Å². The van der Waals surface area contributed by atoms with Crippen molar-refractivity contribution in [1.82, 2.24) is 4.98 Å². The Balaban J connectivity index is 2.28. The van der Waals surface area contributed by atoms with E-state index in [4.69, 9.17) is 5.11 Å². The Hall–Kier alpha value is -2.57. The highest BCUT2D eigenvalue weighted by Crippen LogP contribution is 2.35. The fraction of sp³-hybridized carbons (Fsp3) is 0.0769. The van der Waals surface area contributed by atoms with Gasteiger partial charge in [0.25, 0.3) is 0 Å². The van der Waals surface area contributed by atoms with E-state index < -0.39 is 17.7 Å². The molecule has 4 nitrogen and oxygen atoms in total. The number of rotatable bonds is 3. The Kier molecular flexibility index (Phi) is 3.60. The molecule has 0 unspecified atom stereocenters. The normalized spacial score (nSPS) is 11.2. The standard InChI is InChI=1S/C13H9F3N2O2/c14-13(15,16)9-3-1-2-4-10(9)18-11-6-5-8(7-17-11)12(19)20/h1-7H,(H,17,18)(H,19,20). The summed E-state index contributed by atoms with van der Waals surface area (Å²) in [6, 6.07) is 7.53. The second-order valence-electron chi connectivity index (χ2n) is 3.91. The summed E-state index contributed by atoms with van der Waals surface area (Å²) in [7, 11) is 0. The highest BCUT2D eigenvalue weighted by atomic mass is 19.4. The van der Waals surface area contributed by atoms with Crippen LogP contribution in [0.15, 0.2) is 42.6 Å². The van der Waals surface area contributed by atoms with Gasteiger partial charge in [0.2, 0.25) is 0 Å². The van der Waals surface area contributed by atoms with Crippen molar-refractivity contribution in [3.8, 4) is 0 Å². The topological polar surface area (TPSA) is 62.2 Å². The van der Waals surface area contributed by atoms with Gasteiger partial charge < -0.3 is 10.4 Å². The van der Waals surface area contributed by atoms with Crippen LogP contribution in [0.5, 0.6) is 0 Å². The van der Waals surface area contributed by atoms with Gasteiger partial charge in [-0.2, -0.15) is 13.2 Å². The number of carboxylic acid groups (broad SMARTS) is 1. The number of aromatic nitrogens is 1. The maximum atomic E-state index is 12.8. The van der Waals surface area contributed by atoms with Crippen LogP contribution in [0.1, 0.15) is 15.9 Å². The highest BCUT2D eigenvalue weighted by Gasteiger charge is 2.33. The predicted molar refractivity (Wildman–Crippen MR) is 65.9 cm³/mol. The molecule has 0 aliphatic carbocycles. The molecule has 0 aliphatic heterocycles. The molecule has 0 atom stereocenters. The van der Waals surface area contributed by atoms with Crippen molar-refractivity contribution in [2.75, 3.05) is 5.32 Å². The fourth-order valence-corrected chi connectivity index (χ4v) is 1.57. The molecule has 1 aromatic heterocycles. The van der Waals surface area contributed by atoms with Crippen LogP contribution in [-0.4, -0.2) is 16.1 Å². The van der Waals surface area contributed by atoms with Crippen molar-refractivity contribution in [3.05, 3.63) is 53.7 Å². The Morgan fingerprint density at radius 2 is 1.85 bits per heavy atom. The van der Waals surface area contributed by atoms with Gasteiger partial charge in [0.05, 0.1) is 16.8 Å². The van der Waals surface area contributed by atoms with Crippen molar-refractivity contribution < 1.29 is 23.1 Å². The molecule has 0 spiro atoms. The second-order valence-corrected chi connectivity index (χ2v) is 3.91. The lowest BCUT2D eigenvalue weighted by molar-refractivity contribution is -0.136. The maximum absolute atomic E-state index is 12.8. The monoisotopic (exact) mass is 282 g/mol. The van der Waals surface area contributed by atoms with Crippen LogP contribution in [0.3, 0.4) is 0 Å². The largest absolute Gasteiger partial charge is 0.478 e. The molecule has 0 saturated heterocycles. The summed E-state index contributed by atoms with van der Waals surface area (Å²) in [5, 5.41) is 11.2. The van der Waals surface area contributed by atoms with Gasteiger partial charge in [0, 0.05) is 6.20 Å². The zero-order chi connectivity index (χ0) is 14.8. The maximum Gasteiger partial charge on any atom is 0.418 e. The molecule has 7 heteroatoms. The van der Waals surface area contributed by atoms with Crippen LogP contribution < -0.4 is 5.32 Å². The Bertz CT molecular complexity index is 624. The molecule has 0 aliphatic rings. The summed E-state index contributed by atoms with van der Waals surface area (Å²) in [4.78, 5) is 14.4. The zero-order valence-corrected chi connectivity index (χ0v) is 9.98. The first kappa shape index (κ1) is 13.9. The molecule has 2 aromatic rings. The molecule has 2 N–H and O–H groups in total. The van der Waals surface area contributed by atoms with E-state index in [2.05, 4.69) is 10.3 Å². The molecule has 0 fully saturated rings. The molecule has 0 saturated carbocycles. The molecule has 20 heavy (non-hydrogen) atoms. The second kappa shape index (κ2) is 5.20. The van der Waals surface area contributed by atoms with E-state index in [1.165, 1.54) is 30.3 Å². The third-order valence-electron chi connectivity index (χ3n) is 2.51. The van der Waals surface area contributed by atoms with Gasteiger partial charge in [0.1, 0.15) is 5.82 Å². The van der Waals surface area contributed by atoms with Crippen LogP contribution >= 0.6 is 0 Å². The third-order valence-corrected chi connectivity index (χ3v) is 2.51. The van der Waals surface area contributed by atoms with E-state index in [1.807, 2.05) is 0 Å². The minimum Gasteiger partial charge on any atom is -0.478 e. The molecule has 104 valence electrons. The average Bonchev–Trinajstić information content (AvgIpc) is 2.38. The van der Waals surface area contributed by atoms with Crippen molar-refractivity contribution >= 4 is 17.5 Å². The predicted octanol–water partition coefficient (Wildman–Crippen LogP) is 3.54. The summed E-state index contributed by atoms with van der Waals surface area (Å²) in [6.07, 6.45) is -3.41. The van der Waals surface area contributed by atoms with E-state index in [0.717, 1.165) is 12.3 Å². The van der Waals surface area contributed by atoms with E-state index >= 15 is 0 Å². The van der Waals surface area contributed by atoms with Gasteiger partial charge in [-0.1, -0.05) is 12.1 Å². The van der Waals surface area contributed by atoms with Gasteiger partial charge in [-0.25, -0.2) is 9.78 Å². The third kappa shape index (κ3) is 3.05. The van der Waals surface area contributed by atoms with Gasteiger partial charge in [-0.15, -0.1) is 0 Å². The smallest absolute Gasteiger partial charge is 0.418 e. The van der Waals surface area contributed by atoms with Gasteiger partial charge >= 0.3 is 12.1 Å². The number of anilines is 2. The first-order valence-corrected chi connectivity index (χ1v) is 5.50. The first-order valence-electron chi connectivity index (χ1n) is 5.50. The average molecular weight is 282 g/mol. The number of nitrogens with zero attached hydrogens (tertiary/aromatic N) is 1. The number of hydrogen-bond acceptors (Lipinski definition) is 3. The van der Waals surface area contributed by atoms with Crippen LogP contribution in [0, 0.1) is 0 Å². The van der Waals surface area contributed by atoms with E-state index in [1.54, 1.807) is 0 Å². The molecular formula is C13H9F3N2O2. The van der Waals surface area contributed by atoms with Gasteiger partial charge in [0.15, 0.2) is 0 Å². The lowest BCUT2D eigenvalue weighted by atomic mass is 10.1. The number of para-hydroxylation sites is 1. The van der Waals surface area contributed by atoms with Gasteiger partial charge in [-0.3, -0.25) is 0 Å². The first-order chi connectivity index (χ1) is 9.38. The quantitative estimate of drug-likeness (QED) is 0.903. The van der Waals surface area contributed by atoms with Crippen molar-refractivity contribution in [2.24, 2.45) is 0 Å². The highest BCUT2D eigenvalue weighted by molar-refractivity contribution is 5.87. The SMILES string of the molecule is O=C(O)c1ccc(Nc2ccccc2C(F)(F)F)nc1. The molecule has 0 amide bonds. The van der Waals surface area contributed by atoms with Crippen LogP contribution in [0.4, 0.5) is 24.7 Å². The molecule has 0 bridgehead atoms. The Morgan fingerprint density at radius 3 is 2.40 bits per heavy atom. The molecule has 1 heterocycles. The zero-order valence-electron chi connectivity index (χ0n) is 9.98. The summed E-state index contributed by atoms with van der Waals surface area (Å²) in [5.41, 5.74) is -1.00. The summed E-state index contributed by atoms with van der Waals surface area (Å²) in [6.45, 7) is 0. The van der Waals surface area contributed by atoms with Crippen LogP contribution in [0.2, 0.25) is 0 Å². The van der Waals surface area contributed by atoms with Gasteiger partial charge in [-0.05, 0) is 24.3 Å². The number of halogens is 3. The van der Waals surface area contributed by atoms with Crippen LogP contribution in [-0.2, 0) is 6.18 Å². The number of nitrogens with one attached hydrogen (secondary N) is 1. The minimum absolute atomic E-state index is 0.0420. The van der Waals surface area contributed by atoms with Crippen molar-refractivity contribution in [3.63, 3.8) is 0 Å². The Morgan fingerprint density at radius 1 is 1.15 bits per heavy atom. The molecule has 2 rings (SSSR count). The summed E-state index contributed by atoms with van der Waals surface area (Å²) < 4.78 is 38.3. The lowest BCUT2D eigenvalue weighted by Gasteiger charge is -2.13. The summed E-state index contributed by atoms with van der Waals surface area (Å²) in [5.74, 6) is -1.02. The molecule has 0 radical (unpaired) electrons. The summed E-state index contributed by atoms with van der Waals surface area (Å²) >= 11 is 0. The number of carboxylic acids is 1. The van der Waals surface area contributed by atoms with Crippen molar-refractivity contribution in [2.45, 2.75) is 6.18 Å². The number of benzene rings is 1. The number of hydrogen-bond donors (Lipinski definition) is 2. The molecule has 1 aromatic carbocycles. The van der Waals surface area contributed by atoms with E-state index in [9.17, 15) is 18.0 Å². The molecular weight excluding hydrogens is 273 g/mol. The van der Waals surface area contributed by atoms with Crippen LogP contribution in [0.25, 0.3) is 0 Å². The minimum atomic E-state index is -4.48. The Labute approximate surface area is 111 Å². The number of carbonyl (C=O) groups is 1. The van der Waals surface area contributed by atoms with E-state index in [0.29, 0.717) is 0 Å². The number of pyridine rings is 1. The fourth-order valence-electron chi connectivity index (χ4n) is 1.57. The number of alkyl halides is 3. The number of aromatic carboxylic acids is 1. The van der Waals surface area contributed by atoms with E-state index in [-0.39, 0.29) is 17.1 Å². The lowest BCUT2D eigenvalue weighted by Crippen LogP contribution is -2.09.